The van der Waals surface area contributed by atoms with E-state index in [0.29, 0.717) is 0 Å². The van der Waals surface area contributed by atoms with Crippen LogP contribution in [0.1, 0.15) is 83.5 Å². The SMILES string of the molecule is OC=CC=CCCCCCCCCCCCCCCBr. The maximum absolute atomic E-state index is 8.45. The van der Waals surface area contributed by atoms with Gasteiger partial charge >= 0.3 is 0 Å². The third-order valence-electron chi connectivity index (χ3n) is 3.59. The van der Waals surface area contributed by atoms with Crippen LogP contribution in [-0.2, 0) is 0 Å². The molecule has 2 heteroatoms. The molecular weight excluding hydrogens is 312 g/mol. The second-order valence-corrected chi connectivity index (χ2v) is 6.28. The van der Waals surface area contributed by atoms with Crippen molar-refractivity contribution in [1.29, 1.82) is 0 Å². The summed E-state index contributed by atoms with van der Waals surface area (Å²) in [7, 11) is 0. The van der Waals surface area contributed by atoms with Crippen molar-refractivity contribution < 1.29 is 5.11 Å². The van der Waals surface area contributed by atoms with Crippen LogP contribution in [-0.4, -0.2) is 10.4 Å². The lowest BCUT2D eigenvalue weighted by molar-refractivity contribution is 0.473. The van der Waals surface area contributed by atoms with E-state index in [1.165, 1.54) is 82.4 Å². The third kappa shape index (κ3) is 17.8. The average Bonchev–Trinajstić information content (AvgIpc) is 2.47. The fraction of sp³-hybridized carbons (Fsp3) is 0.778. The highest BCUT2D eigenvalue weighted by molar-refractivity contribution is 9.09. The zero-order chi connectivity index (χ0) is 14.7. The van der Waals surface area contributed by atoms with Crippen molar-refractivity contribution in [1.82, 2.24) is 0 Å². The molecule has 20 heavy (non-hydrogen) atoms. The number of rotatable bonds is 15. The zero-order valence-corrected chi connectivity index (χ0v) is 14.6. The minimum absolute atomic E-state index is 1.08. The second kappa shape index (κ2) is 18.8. The maximum atomic E-state index is 8.45. The molecule has 0 aliphatic heterocycles. The van der Waals surface area contributed by atoms with E-state index in [9.17, 15) is 0 Å². The van der Waals surface area contributed by atoms with Crippen molar-refractivity contribution in [3.8, 4) is 0 Å². The number of hydrogen-bond acceptors (Lipinski definition) is 1. The predicted molar refractivity (Wildman–Crippen MR) is 94.7 cm³/mol. The van der Waals surface area contributed by atoms with Gasteiger partial charge in [-0.2, -0.15) is 0 Å². The Hall–Kier alpha value is -0.240. The van der Waals surface area contributed by atoms with Crippen molar-refractivity contribution in [2.24, 2.45) is 0 Å². The molecule has 0 unspecified atom stereocenters. The van der Waals surface area contributed by atoms with Crippen molar-refractivity contribution in [3.05, 3.63) is 24.5 Å². The Balaban J connectivity index is 2.99. The van der Waals surface area contributed by atoms with E-state index in [1.54, 1.807) is 6.08 Å². The molecular formula is C18H33BrO. The number of alkyl halides is 1. The molecule has 0 fully saturated rings. The van der Waals surface area contributed by atoms with E-state index < -0.39 is 0 Å². The summed E-state index contributed by atoms with van der Waals surface area (Å²) >= 11 is 3.48. The highest BCUT2D eigenvalue weighted by Gasteiger charge is 1.93. The van der Waals surface area contributed by atoms with Gasteiger partial charge in [0.2, 0.25) is 0 Å². The number of hydrogen-bond donors (Lipinski definition) is 1. The van der Waals surface area contributed by atoms with Crippen LogP contribution in [0.2, 0.25) is 0 Å². The lowest BCUT2D eigenvalue weighted by Gasteiger charge is -2.02. The Labute approximate surface area is 134 Å². The molecule has 0 amide bonds. The molecule has 0 aromatic carbocycles. The molecule has 0 spiro atoms. The first-order valence-corrected chi connectivity index (χ1v) is 9.56. The maximum Gasteiger partial charge on any atom is 0.0791 e. The van der Waals surface area contributed by atoms with Gasteiger partial charge < -0.3 is 5.11 Å². The zero-order valence-electron chi connectivity index (χ0n) is 13.0. The van der Waals surface area contributed by atoms with Crippen LogP contribution in [0.3, 0.4) is 0 Å². The number of aliphatic hydroxyl groups excluding tert-OH is 1. The normalized spacial score (nSPS) is 11.8. The minimum atomic E-state index is 1.08. The van der Waals surface area contributed by atoms with E-state index in [-0.39, 0.29) is 0 Å². The molecule has 0 aromatic rings. The van der Waals surface area contributed by atoms with E-state index in [2.05, 4.69) is 22.0 Å². The molecule has 1 N–H and O–H groups in total. The van der Waals surface area contributed by atoms with Crippen LogP contribution in [0.4, 0.5) is 0 Å². The summed E-state index contributed by atoms with van der Waals surface area (Å²) in [5.74, 6) is 0. The van der Waals surface area contributed by atoms with Gasteiger partial charge in [-0.3, -0.25) is 0 Å². The Morgan fingerprint density at radius 1 is 0.600 bits per heavy atom. The summed E-state index contributed by atoms with van der Waals surface area (Å²) < 4.78 is 0. The molecule has 0 radical (unpaired) electrons. The van der Waals surface area contributed by atoms with Gasteiger partial charge in [0.15, 0.2) is 0 Å². The molecule has 0 rings (SSSR count). The van der Waals surface area contributed by atoms with Gasteiger partial charge in [-0.15, -0.1) is 0 Å². The fourth-order valence-electron chi connectivity index (χ4n) is 2.35. The molecule has 0 aliphatic carbocycles. The first-order valence-electron chi connectivity index (χ1n) is 8.43. The van der Waals surface area contributed by atoms with E-state index in [0.717, 1.165) is 12.7 Å². The smallest absolute Gasteiger partial charge is 0.0791 e. The summed E-state index contributed by atoms with van der Waals surface area (Å²) in [6.45, 7) is 0. The van der Waals surface area contributed by atoms with Crippen molar-refractivity contribution >= 4 is 15.9 Å². The van der Waals surface area contributed by atoms with E-state index in [4.69, 9.17) is 5.11 Å². The third-order valence-corrected chi connectivity index (χ3v) is 4.15. The van der Waals surface area contributed by atoms with Crippen LogP contribution < -0.4 is 0 Å². The molecule has 1 nitrogen and oxygen atoms in total. The summed E-state index contributed by atoms with van der Waals surface area (Å²) in [6.07, 6.45) is 24.7. The highest BCUT2D eigenvalue weighted by Crippen LogP contribution is 2.12. The molecule has 0 aliphatic rings. The number of aliphatic hydroxyl groups is 1. The van der Waals surface area contributed by atoms with E-state index >= 15 is 0 Å². The highest BCUT2D eigenvalue weighted by atomic mass is 79.9. The van der Waals surface area contributed by atoms with Gasteiger partial charge in [0.05, 0.1) is 6.26 Å². The lowest BCUT2D eigenvalue weighted by Crippen LogP contribution is -1.83. The standard InChI is InChI=1S/C18H33BrO/c19-17-15-13-11-9-7-5-3-1-2-4-6-8-10-12-14-16-18-20/h12,14,16,18,20H,1-11,13,15,17H2. The van der Waals surface area contributed by atoms with Gasteiger partial charge in [-0.05, 0) is 25.3 Å². The summed E-state index contributed by atoms with van der Waals surface area (Å²) in [6, 6.07) is 0. The van der Waals surface area contributed by atoms with Gasteiger partial charge in [0, 0.05) is 5.33 Å². The van der Waals surface area contributed by atoms with Crippen LogP contribution in [0.15, 0.2) is 24.5 Å². The Morgan fingerprint density at radius 3 is 1.50 bits per heavy atom. The van der Waals surface area contributed by atoms with Crippen LogP contribution in [0, 0.1) is 0 Å². The summed E-state index contributed by atoms with van der Waals surface area (Å²) in [5.41, 5.74) is 0. The van der Waals surface area contributed by atoms with Crippen molar-refractivity contribution in [3.63, 3.8) is 0 Å². The second-order valence-electron chi connectivity index (χ2n) is 5.49. The Kier molecular flexibility index (Phi) is 18.5. The first kappa shape index (κ1) is 19.8. The molecule has 0 saturated heterocycles. The first-order chi connectivity index (χ1) is 9.91. The van der Waals surface area contributed by atoms with Gasteiger partial charge in [-0.25, -0.2) is 0 Å². The molecule has 118 valence electrons. The van der Waals surface area contributed by atoms with Crippen LogP contribution in [0.25, 0.3) is 0 Å². The van der Waals surface area contributed by atoms with Crippen LogP contribution in [0.5, 0.6) is 0 Å². The Bertz CT molecular complexity index is 223. The quantitative estimate of drug-likeness (QED) is 0.145. The lowest BCUT2D eigenvalue weighted by atomic mass is 10.0. The number of halogens is 1. The van der Waals surface area contributed by atoms with Gasteiger partial charge in [0.25, 0.3) is 0 Å². The molecule has 0 aromatic heterocycles. The number of unbranched alkanes of at least 4 members (excludes halogenated alkanes) is 12. The molecule has 0 bridgehead atoms. The van der Waals surface area contributed by atoms with E-state index in [1.807, 2.05) is 6.08 Å². The fourth-order valence-corrected chi connectivity index (χ4v) is 2.75. The van der Waals surface area contributed by atoms with Crippen LogP contribution >= 0.6 is 15.9 Å². The number of allylic oxidation sites excluding steroid dienone is 3. The average molecular weight is 345 g/mol. The minimum Gasteiger partial charge on any atom is -0.516 e. The molecule has 0 heterocycles. The van der Waals surface area contributed by atoms with Gasteiger partial charge in [-0.1, -0.05) is 92.3 Å². The van der Waals surface area contributed by atoms with Crippen molar-refractivity contribution in [2.45, 2.75) is 83.5 Å². The molecule has 0 saturated carbocycles. The largest absolute Gasteiger partial charge is 0.516 e. The predicted octanol–water partition coefficient (Wildman–Crippen LogP) is 7.08. The molecule has 0 atom stereocenters. The Morgan fingerprint density at radius 2 is 1.05 bits per heavy atom. The van der Waals surface area contributed by atoms with Gasteiger partial charge in [0.1, 0.15) is 0 Å². The summed E-state index contributed by atoms with van der Waals surface area (Å²) in [4.78, 5) is 0. The monoisotopic (exact) mass is 344 g/mol. The topological polar surface area (TPSA) is 20.2 Å². The summed E-state index contributed by atoms with van der Waals surface area (Å²) in [5, 5.41) is 9.62. The van der Waals surface area contributed by atoms with Crippen molar-refractivity contribution in [2.75, 3.05) is 5.33 Å².